The Balaban J connectivity index is 1.86. The largest absolute Gasteiger partial charge is 0.321 e. The minimum absolute atomic E-state index is 0.0247. The van der Waals surface area contributed by atoms with Crippen LogP contribution in [0.5, 0.6) is 0 Å². The Labute approximate surface area is 158 Å². The van der Waals surface area contributed by atoms with Crippen molar-refractivity contribution in [1.82, 2.24) is 4.98 Å². The highest BCUT2D eigenvalue weighted by atomic mass is 32.1. The van der Waals surface area contributed by atoms with Crippen LogP contribution in [-0.2, 0) is 6.42 Å². The third-order valence-electron chi connectivity index (χ3n) is 4.01. The number of nitrogens with one attached hydrogen (secondary N) is 1. The fraction of sp³-hybridized carbons (Fsp3) is 0.158. The van der Waals surface area contributed by atoms with Gasteiger partial charge in [-0.25, -0.2) is 9.37 Å². The summed E-state index contributed by atoms with van der Waals surface area (Å²) in [6.45, 7) is 3.54. The van der Waals surface area contributed by atoms with Crippen molar-refractivity contribution in [3.63, 3.8) is 0 Å². The van der Waals surface area contributed by atoms with Crippen molar-refractivity contribution in [2.45, 2.75) is 20.3 Å². The minimum Gasteiger partial charge on any atom is -0.321 e. The van der Waals surface area contributed by atoms with Gasteiger partial charge in [0, 0.05) is 22.9 Å². The molecule has 0 spiro atoms. The molecule has 138 valence electrons. The average Bonchev–Trinajstić information content (AvgIpc) is 3.04. The maximum absolute atomic E-state index is 13.1. The van der Waals surface area contributed by atoms with Gasteiger partial charge in [0.05, 0.1) is 10.6 Å². The van der Waals surface area contributed by atoms with Gasteiger partial charge in [-0.1, -0.05) is 13.0 Å². The lowest BCUT2D eigenvalue weighted by Crippen LogP contribution is -2.12. The Morgan fingerprint density at radius 3 is 2.59 bits per heavy atom. The molecule has 1 amide bonds. The molecule has 0 fully saturated rings. The maximum Gasteiger partial charge on any atom is 0.274 e. The smallest absolute Gasteiger partial charge is 0.274 e. The van der Waals surface area contributed by atoms with Crippen molar-refractivity contribution >= 4 is 28.6 Å². The van der Waals surface area contributed by atoms with Gasteiger partial charge < -0.3 is 5.32 Å². The number of nitrogens with zero attached hydrogens (tertiary/aromatic N) is 2. The summed E-state index contributed by atoms with van der Waals surface area (Å²) in [5, 5.41) is 14.5. The molecular formula is C19H16FN3O3S. The Kier molecular flexibility index (Phi) is 5.27. The molecule has 1 N–H and O–H groups in total. The lowest BCUT2D eigenvalue weighted by atomic mass is 10.1. The summed E-state index contributed by atoms with van der Waals surface area (Å²) in [5.74, 6) is -0.737. The van der Waals surface area contributed by atoms with Gasteiger partial charge in [0.25, 0.3) is 11.6 Å². The molecular weight excluding hydrogens is 369 g/mol. The number of carbonyl (C=O) groups is 1. The normalized spacial score (nSPS) is 10.6. The van der Waals surface area contributed by atoms with E-state index in [4.69, 9.17) is 0 Å². The van der Waals surface area contributed by atoms with Crippen molar-refractivity contribution in [3.05, 3.63) is 74.5 Å². The molecule has 0 saturated heterocycles. The molecule has 0 saturated carbocycles. The zero-order valence-corrected chi connectivity index (χ0v) is 15.5. The number of anilines is 1. The number of nitro benzene ring substituents is 1. The van der Waals surface area contributed by atoms with Crippen molar-refractivity contribution < 1.29 is 14.1 Å². The summed E-state index contributed by atoms with van der Waals surface area (Å²) < 4.78 is 13.1. The van der Waals surface area contributed by atoms with E-state index in [9.17, 15) is 19.3 Å². The summed E-state index contributed by atoms with van der Waals surface area (Å²) in [7, 11) is 0. The SMILES string of the molecule is CCc1ccc(NC(=O)c2sc(-c3ccc(F)cc3)nc2C)cc1[N+](=O)[O-]. The number of halogens is 1. The first kappa shape index (κ1) is 18.7. The lowest BCUT2D eigenvalue weighted by molar-refractivity contribution is -0.385. The van der Waals surface area contributed by atoms with Crippen molar-refractivity contribution in [3.8, 4) is 10.6 Å². The first-order valence-electron chi connectivity index (χ1n) is 8.21. The average molecular weight is 385 g/mol. The summed E-state index contributed by atoms with van der Waals surface area (Å²) >= 11 is 1.18. The van der Waals surface area contributed by atoms with E-state index in [1.165, 1.54) is 29.5 Å². The Morgan fingerprint density at radius 2 is 1.96 bits per heavy atom. The van der Waals surface area contributed by atoms with Gasteiger partial charge in [0.1, 0.15) is 15.7 Å². The van der Waals surface area contributed by atoms with Crippen molar-refractivity contribution in [2.75, 3.05) is 5.32 Å². The second kappa shape index (κ2) is 7.63. The molecule has 0 bridgehead atoms. The van der Waals surface area contributed by atoms with E-state index in [1.54, 1.807) is 31.2 Å². The Hall–Kier alpha value is -3.13. The van der Waals surface area contributed by atoms with Crippen LogP contribution in [-0.4, -0.2) is 15.8 Å². The quantitative estimate of drug-likeness (QED) is 0.496. The lowest BCUT2D eigenvalue weighted by Gasteiger charge is -2.06. The number of aryl methyl sites for hydroxylation is 2. The van der Waals surface area contributed by atoms with Crippen LogP contribution in [0.3, 0.4) is 0 Å². The van der Waals surface area contributed by atoms with Crippen molar-refractivity contribution in [2.24, 2.45) is 0 Å². The van der Waals surface area contributed by atoms with E-state index in [0.717, 1.165) is 0 Å². The number of thiazole rings is 1. The number of carbonyl (C=O) groups excluding carboxylic acids is 1. The summed E-state index contributed by atoms with van der Waals surface area (Å²) in [6.07, 6.45) is 0.527. The predicted octanol–water partition coefficient (Wildman–Crippen LogP) is 4.98. The Morgan fingerprint density at radius 1 is 1.26 bits per heavy atom. The molecule has 2 aromatic carbocycles. The molecule has 1 aromatic heterocycles. The number of hydrogen-bond donors (Lipinski definition) is 1. The van der Waals surface area contributed by atoms with Crippen LogP contribution in [0.2, 0.25) is 0 Å². The first-order valence-corrected chi connectivity index (χ1v) is 9.02. The number of amides is 1. The van der Waals surface area contributed by atoms with Crippen LogP contribution in [0.15, 0.2) is 42.5 Å². The fourth-order valence-electron chi connectivity index (χ4n) is 2.62. The van der Waals surface area contributed by atoms with Crippen LogP contribution < -0.4 is 5.32 Å². The third kappa shape index (κ3) is 4.01. The predicted molar refractivity (Wildman–Crippen MR) is 103 cm³/mol. The molecule has 0 radical (unpaired) electrons. The standard InChI is InChI=1S/C19H16FN3O3S/c1-3-12-6-9-15(10-16(12)23(25)26)22-18(24)17-11(2)21-19(27-17)13-4-7-14(20)8-5-13/h4-10H,3H2,1-2H3,(H,22,24). The number of benzene rings is 2. The molecule has 0 aliphatic rings. The van der Waals surface area contributed by atoms with E-state index >= 15 is 0 Å². The highest BCUT2D eigenvalue weighted by Gasteiger charge is 2.19. The second-order valence-corrected chi connectivity index (χ2v) is 6.85. The number of aromatic nitrogens is 1. The summed E-state index contributed by atoms with van der Waals surface area (Å²) in [4.78, 5) is 28.1. The van der Waals surface area contributed by atoms with E-state index in [0.29, 0.717) is 38.8 Å². The van der Waals surface area contributed by atoms with Gasteiger partial charge in [-0.05, 0) is 43.7 Å². The third-order valence-corrected chi connectivity index (χ3v) is 5.22. The zero-order valence-electron chi connectivity index (χ0n) is 14.7. The topological polar surface area (TPSA) is 85.1 Å². The summed E-state index contributed by atoms with van der Waals surface area (Å²) in [6, 6.07) is 10.5. The van der Waals surface area contributed by atoms with Crippen LogP contribution in [0.1, 0.15) is 27.9 Å². The van der Waals surface area contributed by atoms with Crippen LogP contribution in [0.4, 0.5) is 15.8 Å². The minimum atomic E-state index is -0.459. The molecule has 1 heterocycles. The number of rotatable bonds is 5. The van der Waals surface area contributed by atoms with Crippen LogP contribution in [0, 0.1) is 22.9 Å². The van der Waals surface area contributed by atoms with E-state index in [-0.39, 0.29) is 11.5 Å². The molecule has 0 aliphatic carbocycles. The molecule has 0 unspecified atom stereocenters. The van der Waals surface area contributed by atoms with Gasteiger partial charge in [-0.2, -0.15) is 0 Å². The van der Waals surface area contributed by atoms with Gasteiger partial charge >= 0.3 is 0 Å². The Bertz CT molecular complexity index is 1020. The van der Waals surface area contributed by atoms with E-state index in [2.05, 4.69) is 10.3 Å². The molecule has 6 nitrogen and oxygen atoms in total. The van der Waals surface area contributed by atoms with Gasteiger partial charge in [-0.3, -0.25) is 14.9 Å². The molecule has 0 aliphatic heterocycles. The second-order valence-electron chi connectivity index (χ2n) is 5.85. The molecule has 3 rings (SSSR count). The van der Waals surface area contributed by atoms with E-state index < -0.39 is 10.8 Å². The molecule has 27 heavy (non-hydrogen) atoms. The molecule has 3 aromatic rings. The monoisotopic (exact) mass is 385 g/mol. The zero-order chi connectivity index (χ0) is 19.6. The van der Waals surface area contributed by atoms with Gasteiger partial charge in [0.2, 0.25) is 0 Å². The number of hydrogen-bond acceptors (Lipinski definition) is 5. The van der Waals surface area contributed by atoms with Gasteiger partial charge in [0.15, 0.2) is 0 Å². The van der Waals surface area contributed by atoms with Crippen LogP contribution >= 0.6 is 11.3 Å². The highest BCUT2D eigenvalue weighted by Crippen LogP contribution is 2.29. The van der Waals surface area contributed by atoms with Crippen LogP contribution in [0.25, 0.3) is 10.6 Å². The first-order chi connectivity index (χ1) is 12.9. The van der Waals surface area contributed by atoms with Crippen molar-refractivity contribution in [1.29, 1.82) is 0 Å². The van der Waals surface area contributed by atoms with Gasteiger partial charge in [-0.15, -0.1) is 11.3 Å². The molecule has 0 atom stereocenters. The summed E-state index contributed by atoms with van der Waals surface area (Å²) in [5.41, 5.74) is 2.18. The molecule has 8 heteroatoms. The highest BCUT2D eigenvalue weighted by molar-refractivity contribution is 7.17. The maximum atomic E-state index is 13.1. The number of nitro groups is 1. The fourth-order valence-corrected chi connectivity index (χ4v) is 3.59. The van der Waals surface area contributed by atoms with E-state index in [1.807, 2.05) is 6.92 Å².